The van der Waals surface area contributed by atoms with Crippen LogP contribution in [0.25, 0.3) is 38.6 Å². The first-order chi connectivity index (χ1) is 15.0. The topological polar surface area (TPSA) is 48.1 Å². The highest BCUT2D eigenvalue weighted by Crippen LogP contribution is 2.49. The number of benzene rings is 4. The summed E-state index contributed by atoms with van der Waals surface area (Å²) in [5, 5.41) is 14.0. The quantitative estimate of drug-likeness (QED) is 0.235. The molecular formula is C27H20N2O2. The van der Waals surface area contributed by atoms with Gasteiger partial charge in [0.15, 0.2) is 0 Å². The predicted molar refractivity (Wildman–Crippen MR) is 125 cm³/mol. The molecule has 0 radical (unpaired) electrons. The maximum Gasteiger partial charge on any atom is 0.277 e. The van der Waals surface area contributed by atoms with Crippen LogP contribution in [-0.4, -0.2) is 9.49 Å². The predicted octanol–water partition coefficient (Wildman–Crippen LogP) is 7.00. The fourth-order valence-electron chi connectivity index (χ4n) is 5.20. The van der Waals surface area contributed by atoms with Crippen LogP contribution in [0.15, 0.2) is 84.9 Å². The van der Waals surface area contributed by atoms with Gasteiger partial charge in [0.25, 0.3) is 5.69 Å². The lowest BCUT2D eigenvalue weighted by Gasteiger charge is -2.35. The molecule has 31 heavy (non-hydrogen) atoms. The van der Waals surface area contributed by atoms with Gasteiger partial charge in [0, 0.05) is 22.3 Å². The fraction of sp³-hybridized carbons (Fsp3) is 0.111. The molecule has 0 N–H and O–H groups in total. The van der Waals surface area contributed by atoms with Crippen LogP contribution >= 0.6 is 0 Å². The van der Waals surface area contributed by atoms with E-state index in [0.29, 0.717) is 5.56 Å². The summed E-state index contributed by atoms with van der Waals surface area (Å²) < 4.78 is 2.35. The molecule has 0 amide bonds. The number of nitro groups is 1. The van der Waals surface area contributed by atoms with Gasteiger partial charge >= 0.3 is 0 Å². The monoisotopic (exact) mass is 404 g/mol. The van der Waals surface area contributed by atoms with Crippen LogP contribution in [0.2, 0.25) is 0 Å². The Hall–Kier alpha value is -3.92. The molecule has 5 aromatic rings. The first-order valence-electron chi connectivity index (χ1n) is 10.4. The summed E-state index contributed by atoms with van der Waals surface area (Å²) in [4.78, 5) is 11.4. The van der Waals surface area contributed by atoms with Crippen molar-refractivity contribution in [2.75, 3.05) is 0 Å². The Labute approximate surface area is 179 Å². The zero-order chi connectivity index (χ0) is 21.3. The van der Waals surface area contributed by atoms with E-state index < -0.39 is 0 Å². The van der Waals surface area contributed by atoms with E-state index in [4.69, 9.17) is 0 Å². The van der Waals surface area contributed by atoms with E-state index in [9.17, 15) is 10.1 Å². The number of rotatable bonds is 2. The summed E-state index contributed by atoms with van der Waals surface area (Å²) in [6.45, 7) is 4.48. The minimum Gasteiger partial charge on any atom is -0.309 e. The van der Waals surface area contributed by atoms with Gasteiger partial charge in [-0.05, 0) is 47.0 Å². The Bertz CT molecular complexity index is 1540. The van der Waals surface area contributed by atoms with Gasteiger partial charge in [-0.25, -0.2) is 0 Å². The average Bonchev–Trinajstić information content (AvgIpc) is 3.12. The summed E-state index contributed by atoms with van der Waals surface area (Å²) in [5.74, 6) is 0. The average molecular weight is 404 g/mol. The van der Waals surface area contributed by atoms with Crippen molar-refractivity contribution in [3.05, 3.63) is 106 Å². The van der Waals surface area contributed by atoms with Crippen molar-refractivity contribution in [2.24, 2.45) is 0 Å². The van der Waals surface area contributed by atoms with Gasteiger partial charge in [0.1, 0.15) is 0 Å². The molecule has 150 valence electrons. The van der Waals surface area contributed by atoms with E-state index in [1.807, 2.05) is 12.1 Å². The standard InChI is InChI=1S/C27H20N2O2/c1-27(2)21-11-5-8-14-25(21)28-23-12-6-4-10-19(23)20-15-17(16-22(27)26(20)28)18-9-3-7-13-24(18)29(30)31/h3-16H,1-2H3. The van der Waals surface area contributed by atoms with E-state index in [0.717, 1.165) is 21.9 Å². The third-order valence-electron chi connectivity index (χ3n) is 6.67. The largest absolute Gasteiger partial charge is 0.309 e. The Morgan fingerprint density at radius 1 is 0.806 bits per heavy atom. The van der Waals surface area contributed by atoms with E-state index in [-0.39, 0.29) is 16.0 Å². The second kappa shape index (κ2) is 6.05. The van der Waals surface area contributed by atoms with Crippen LogP contribution in [-0.2, 0) is 5.41 Å². The molecule has 1 aliphatic rings. The molecule has 0 unspecified atom stereocenters. The van der Waals surface area contributed by atoms with Crippen molar-refractivity contribution in [1.29, 1.82) is 0 Å². The Kier molecular flexibility index (Phi) is 3.49. The van der Waals surface area contributed by atoms with Gasteiger partial charge in [0.2, 0.25) is 0 Å². The zero-order valence-electron chi connectivity index (χ0n) is 17.3. The summed E-state index contributed by atoms with van der Waals surface area (Å²) in [5.41, 5.74) is 7.41. The van der Waals surface area contributed by atoms with Gasteiger partial charge in [0.05, 0.1) is 27.2 Å². The fourth-order valence-corrected chi connectivity index (χ4v) is 5.20. The summed E-state index contributed by atoms with van der Waals surface area (Å²) in [7, 11) is 0. The lowest BCUT2D eigenvalue weighted by atomic mass is 9.74. The molecule has 0 fully saturated rings. The minimum atomic E-state index is -0.297. The molecule has 1 aromatic heterocycles. The van der Waals surface area contributed by atoms with Crippen molar-refractivity contribution < 1.29 is 4.92 Å². The van der Waals surface area contributed by atoms with Gasteiger partial charge in [-0.1, -0.05) is 62.4 Å². The molecular weight excluding hydrogens is 384 g/mol. The van der Waals surface area contributed by atoms with Crippen LogP contribution in [0.4, 0.5) is 5.69 Å². The number of hydrogen-bond donors (Lipinski definition) is 0. The van der Waals surface area contributed by atoms with Crippen molar-refractivity contribution in [1.82, 2.24) is 4.57 Å². The molecule has 0 aliphatic carbocycles. The van der Waals surface area contributed by atoms with E-state index in [1.165, 1.54) is 22.3 Å². The van der Waals surface area contributed by atoms with Crippen LogP contribution < -0.4 is 0 Å². The van der Waals surface area contributed by atoms with E-state index in [1.54, 1.807) is 12.1 Å². The maximum absolute atomic E-state index is 11.7. The van der Waals surface area contributed by atoms with E-state index in [2.05, 4.69) is 79.1 Å². The molecule has 1 aliphatic heterocycles. The lowest BCUT2D eigenvalue weighted by Crippen LogP contribution is -2.26. The van der Waals surface area contributed by atoms with Crippen molar-refractivity contribution >= 4 is 27.5 Å². The SMILES string of the molecule is CC1(C)c2ccccc2-n2c3ccccc3c3cc(-c4ccccc4[N+](=O)[O-])cc1c32. The Morgan fingerprint density at radius 2 is 1.52 bits per heavy atom. The van der Waals surface area contributed by atoms with Crippen LogP contribution in [0.1, 0.15) is 25.0 Å². The van der Waals surface area contributed by atoms with Gasteiger partial charge in [-0.2, -0.15) is 0 Å². The summed E-state index contributed by atoms with van der Waals surface area (Å²) >= 11 is 0. The number of nitrogens with zero attached hydrogens (tertiary/aromatic N) is 2. The molecule has 0 saturated heterocycles. The Morgan fingerprint density at radius 3 is 2.35 bits per heavy atom. The third-order valence-corrected chi connectivity index (χ3v) is 6.67. The zero-order valence-corrected chi connectivity index (χ0v) is 17.3. The van der Waals surface area contributed by atoms with Crippen LogP contribution in [0.5, 0.6) is 0 Å². The minimum absolute atomic E-state index is 0.131. The smallest absolute Gasteiger partial charge is 0.277 e. The second-order valence-corrected chi connectivity index (χ2v) is 8.69. The molecule has 0 saturated carbocycles. The van der Waals surface area contributed by atoms with Crippen molar-refractivity contribution in [2.45, 2.75) is 19.3 Å². The molecule has 4 nitrogen and oxygen atoms in total. The van der Waals surface area contributed by atoms with E-state index >= 15 is 0 Å². The second-order valence-electron chi connectivity index (χ2n) is 8.69. The number of hydrogen-bond acceptors (Lipinski definition) is 2. The Balaban J connectivity index is 1.82. The maximum atomic E-state index is 11.7. The number of fused-ring (bicyclic) bond motifs is 5. The highest BCUT2D eigenvalue weighted by molar-refractivity contribution is 6.13. The molecule has 0 spiro atoms. The first kappa shape index (κ1) is 17.9. The number of aromatic nitrogens is 1. The lowest BCUT2D eigenvalue weighted by molar-refractivity contribution is -0.384. The summed E-state index contributed by atoms with van der Waals surface area (Å²) in [6.07, 6.45) is 0. The van der Waals surface area contributed by atoms with Gasteiger partial charge in [-0.15, -0.1) is 0 Å². The van der Waals surface area contributed by atoms with Gasteiger partial charge < -0.3 is 4.57 Å². The molecule has 2 heterocycles. The highest BCUT2D eigenvalue weighted by atomic mass is 16.6. The number of para-hydroxylation sites is 3. The third kappa shape index (κ3) is 2.30. The highest BCUT2D eigenvalue weighted by Gasteiger charge is 2.35. The number of nitro benzene ring substituents is 1. The molecule has 0 bridgehead atoms. The molecule has 4 aromatic carbocycles. The molecule has 6 rings (SSSR count). The van der Waals surface area contributed by atoms with Crippen LogP contribution in [0, 0.1) is 10.1 Å². The molecule has 4 heteroatoms. The summed E-state index contributed by atoms with van der Waals surface area (Å²) in [6, 6.07) is 28.2. The molecule has 0 atom stereocenters. The normalized spacial score (nSPS) is 14.0. The van der Waals surface area contributed by atoms with Crippen LogP contribution in [0.3, 0.4) is 0 Å². The van der Waals surface area contributed by atoms with Crippen molar-refractivity contribution in [3.8, 4) is 16.8 Å². The van der Waals surface area contributed by atoms with Crippen molar-refractivity contribution in [3.63, 3.8) is 0 Å². The van der Waals surface area contributed by atoms with Gasteiger partial charge in [-0.3, -0.25) is 10.1 Å². The first-order valence-corrected chi connectivity index (χ1v) is 10.4.